The highest BCUT2D eigenvalue weighted by atomic mass is 16.4. The molecule has 4 nitrogen and oxygen atoms in total. The Balaban J connectivity index is 1.61. The zero-order valence-corrected chi connectivity index (χ0v) is 15.0. The van der Waals surface area contributed by atoms with E-state index in [-0.39, 0.29) is 17.6 Å². The molecular formula is C21H27NO3. The molecule has 4 rings (SSSR count). The summed E-state index contributed by atoms with van der Waals surface area (Å²) >= 11 is 0. The molecular weight excluding hydrogens is 314 g/mol. The van der Waals surface area contributed by atoms with E-state index in [1.807, 2.05) is 0 Å². The Morgan fingerprint density at radius 3 is 2.56 bits per heavy atom. The number of nitrogens with zero attached hydrogens (tertiary/aromatic N) is 1. The largest absolute Gasteiger partial charge is 0.423 e. The summed E-state index contributed by atoms with van der Waals surface area (Å²) in [4.78, 5) is 14.4. The van der Waals surface area contributed by atoms with Crippen LogP contribution in [0.2, 0.25) is 0 Å². The van der Waals surface area contributed by atoms with E-state index < -0.39 is 0 Å². The van der Waals surface area contributed by atoms with Crippen molar-refractivity contribution in [3.63, 3.8) is 0 Å². The number of hydrogen-bond donors (Lipinski definition) is 1. The predicted molar refractivity (Wildman–Crippen MR) is 98.8 cm³/mol. The van der Waals surface area contributed by atoms with Gasteiger partial charge in [0.25, 0.3) is 0 Å². The summed E-state index contributed by atoms with van der Waals surface area (Å²) in [5, 5.41) is 10.8. The van der Waals surface area contributed by atoms with E-state index in [1.54, 1.807) is 6.07 Å². The van der Waals surface area contributed by atoms with Crippen LogP contribution >= 0.6 is 0 Å². The molecule has 1 aromatic carbocycles. The molecule has 1 aliphatic heterocycles. The average molecular weight is 341 g/mol. The summed E-state index contributed by atoms with van der Waals surface area (Å²) in [6.07, 6.45) is 6.48. The van der Waals surface area contributed by atoms with Crippen molar-refractivity contribution in [2.75, 3.05) is 19.7 Å². The fraction of sp³-hybridized carbons (Fsp3) is 0.571. The lowest BCUT2D eigenvalue weighted by molar-refractivity contribution is 0.0383. The Morgan fingerprint density at radius 2 is 1.88 bits per heavy atom. The third-order valence-electron chi connectivity index (χ3n) is 6.44. The van der Waals surface area contributed by atoms with Crippen molar-refractivity contribution in [2.24, 2.45) is 5.41 Å². The molecule has 25 heavy (non-hydrogen) atoms. The minimum Gasteiger partial charge on any atom is -0.423 e. The standard InChI is InChI=1S/C21H27NO3/c1-2-21(14-23)6-8-22(9-7-21)13-17-12-20(24)25-19-11-16-5-3-4-15(16)10-18(17)19/h10-12,23H,2-9,13-14H2,1H3. The highest BCUT2D eigenvalue weighted by Gasteiger charge is 2.32. The summed E-state index contributed by atoms with van der Waals surface area (Å²) < 4.78 is 5.48. The van der Waals surface area contributed by atoms with E-state index >= 15 is 0 Å². The Hall–Kier alpha value is -1.65. The van der Waals surface area contributed by atoms with Crippen molar-refractivity contribution in [1.82, 2.24) is 4.90 Å². The van der Waals surface area contributed by atoms with Gasteiger partial charge in [-0.05, 0) is 85.9 Å². The number of aliphatic hydroxyl groups excluding tert-OH is 1. The first-order valence-electron chi connectivity index (χ1n) is 9.54. The lowest BCUT2D eigenvalue weighted by Crippen LogP contribution is -2.41. The maximum atomic E-state index is 12.0. The van der Waals surface area contributed by atoms with Crippen molar-refractivity contribution in [3.8, 4) is 0 Å². The summed E-state index contributed by atoms with van der Waals surface area (Å²) in [5.41, 5.74) is 4.39. The molecule has 0 radical (unpaired) electrons. The SMILES string of the molecule is CCC1(CO)CCN(Cc2cc(=O)oc3cc4c(cc23)CCC4)CC1. The highest BCUT2D eigenvalue weighted by molar-refractivity contribution is 5.82. The van der Waals surface area contributed by atoms with Crippen molar-refractivity contribution >= 4 is 11.0 Å². The van der Waals surface area contributed by atoms with Crippen LogP contribution in [0.15, 0.2) is 27.4 Å². The number of hydrogen-bond acceptors (Lipinski definition) is 4. The molecule has 134 valence electrons. The first-order valence-corrected chi connectivity index (χ1v) is 9.54. The van der Waals surface area contributed by atoms with Crippen LogP contribution in [0.25, 0.3) is 11.0 Å². The molecule has 0 amide bonds. The first kappa shape index (κ1) is 16.8. The number of likely N-dealkylation sites (tertiary alicyclic amines) is 1. The molecule has 2 aromatic rings. The van der Waals surface area contributed by atoms with Crippen LogP contribution in [0.1, 0.15) is 49.3 Å². The van der Waals surface area contributed by atoms with Gasteiger partial charge in [0.1, 0.15) is 5.58 Å². The van der Waals surface area contributed by atoms with Gasteiger partial charge in [-0.1, -0.05) is 6.92 Å². The molecule has 4 heteroatoms. The fourth-order valence-electron chi connectivity index (χ4n) is 4.48. The van der Waals surface area contributed by atoms with Crippen LogP contribution in [0.3, 0.4) is 0 Å². The van der Waals surface area contributed by atoms with Gasteiger partial charge in [-0.15, -0.1) is 0 Å². The maximum Gasteiger partial charge on any atom is 0.336 e. The molecule has 0 unspecified atom stereocenters. The minimum absolute atomic E-state index is 0.0924. The van der Waals surface area contributed by atoms with Crippen LogP contribution in [0, 0.1) is 5.41 Å². The lowest BCUT2D eigenvalue weighted by Gasteiger charge is -2.40. The first-order chi connectivity index (χ1) is 12.1. The van der Waals surface area contributed by atoms with Gasteiger partial charge in [0.15, 0.2) is 0 Å². The van der Waals surface area contributed by atoms with Gasteiger partial charge in [0, 0.05) is 24.6 Å². The summed E-state index contributed by atoms with van der Waals surface area (Å²) in [6, 6.07) is 5.98. The maximum absolute atomic E-state index is 12.0. The van der Waals surface area contributed by atoms with Crippen molar-refractivity contribution in [2.45, 2.75) is 52.0 Å². The summed E-state index contributed by atoms with van der Waals surface area (Å²) in [7, 11) is 0. The van der Waals surface area contributed by atoms with E-state index in [4.69, 9.17) is 4.42 Å². The number of benzene rings is 1. The number of aliphatic hydroxyl groups is 1. The van der Waals surface area contributed by atoms with E-state index in [2.05, 4.69) is 24.0 Å². The molecule has 1 aromatic heterocycles. The second kappa shape index (κ2) is 6.58. The number of aryl methyl sites for hydroxylation is 2. The van der Waals surface area contributed by atoms with Gasteiger partial charge in [-0.3, -0.25) is 4.90 Å². The van der Waals surface area contributed by atoms with E-state index in [1.165, 1.54) is 17.5 Å². The molecule has 1 saturated heterocycles. The van der Waals surface area contributed by atoms with E-state index in [0.29, 0.717) is 0 Å². The second-order valence-corrected chi connectivity index (χ2v) is 7.85. The van der Waals surface area contributed by atoms with Crippen LogP contribution in [0.4, 0.5) is 0 Å². The van der Waals surface area contributed by atoms with Crippen molar-refractivity contribution in [1.29, 1.82) is 0 Å². The molecule has 1 fully saturated rings. The third-order valence-corrected chi connectivity index (χ3v) is 6.44. The Bertz CT molecular complexity index is 825. The van der Waals surface area contributed by atoms with Gasteiger partial charge < -0.3 is 9.52 Å². The Morgan fingerprint density at radius 1 is 1.16 bits per heavy atom. The van der Waals surface area contributed by atoms with Crippen LogP contribution in [-0.4, -0.2) is 29.7 Å². The third kappa shape index (κ3) is 3.13. The molecule has 2 aliphatic rings. The Kier molecular flexibility index (Phi) is 4.42. The number of piperidine rings is 1. The summed E-state index contributed by atoms with van der Waals surface area (Å²) in [5.74, 6) is 0. The molecule has 0 atom stereocenters. The Labute approximate surface area is 148 Å². The van der Waals surface area contributed by atoms with Gasteiger partial charge >= 0.3 is 5.63 Å². The average Bonchev–Trinajstić information content (AvgIpc) is 3.08. The monoisotopic (exact) mass is 341 g/mol. The minimum atomic E-state index is -0.254. The molecule has 0 spiro atoms. The second-order valence-electron chi connectivity index (χ2n) is 7.85. The molecule has 0 saturated carbocycles. The van der Waals surface area contributed by atoms with Gasteiger partial charge in [0.2, 0.25) is 0 Å². The van der Waals surface area contributed by atoms with Crippen LogP contribution in [0.5, 0.6) is 0 Å². The zero-order chi connectivity index (χ0) is 17.4. The van der Waals surface area contributed by atoms with Gasteiger partial charge in [-0.2, -0.15) is 0 Å². The van der Waals surface area contributed by atoms with Crippen LogP contribution in [-0.2, 0) is 19.4 Å². The van der Waals surface area contributed by atoms with Crippen LogP contribution < -0.4 is 5.63 Å². The predicted octanol–water partition coefficient (Wildman–Crippen LogP) is 3.27. The van der Waals surface area contributed by atoms with E-state index in [0.717, 1.165) is 68.3 Å². The normalized spacial score (nSPS) is 20.1. The molecule has 0 bridgehead atoms. The fourth-order valence-corrected chi connectivity index (χ4v) is 4.48. The quantitative estimate of drug-likeness (QED) is 0.867. The molecule has 2 heterocycles. The smallest absolute Gasteiger partial charge is 0.336 e. The lowest BCUT2D eigenvalue weighted by atomic mass is 9.77. The molecule has 1 N–H and O–H groups in total. The van der Waals surface area contributed by atoms with Crippen molar-refractivity contribution in [3.05, 3.63) is 45.3 Å². The number of fused-ring (bicyclic) bond motifs is 2. The highest BCUT2D eigenvalue weighted by Crippen LogP contribution is 2.35. The van der Waals surface area contributed by atoms with E-state index in [9.17, 15) is 9.90 Å². The van der Waals surface area contributed by atoms with Gasteiger partial charge in [-0.25, -0.2) is 4.79 Å². The summed E-state index contributed by atoms with van der Waals surface area (Å²) in [6.45, 7) is 5.18. The molecule has 1 aliphatic carbocycles. The zero-order valence-electron chi connectivity index (χ0n) is 15.0. The number of rotatable bonds is 4. The van der Waals surface area contributed by atoms with Gasteiger partial charge in [0.05, 0.1) is 0 Å². The topological polar surface area (TPSA) is 53.7 Å². The van der Waals surface area contributed by atoms with Crippen molar-refractivity contribution < 1.29 is 9.52 Å².